The molecule has 0 bridgehead atoms. The van der Waals surface area contributed by atoms with Gasteiger partial charge in [-0.3, -0.25) is 4.79 Å². The molecule has 28 heavy (non-hydrogen) atoms. The van der Waals surface area contributed by atoms with Crippen molar-refractivity contribution in [1.82, 2.24) is 0 Å². The van der Waals surface area contributed by atoms with E-state index < -0.39 is 5.97 Å². The molecule has 0 amide bonds. The minimum absolute atomic E-state index is 0.178. The van der Waals surface area contributed by atoms with Crippen LogP contribution >= 0.6 is 0 Å². The number of ether oxygens (including phenoxy) is 1. The largest absolute Gasteiger partial charge is 0.507 e. The van der Waals surface area contributed by atoms with E-state index in [0.717, 1.165) is 16.7 Å². The number of carbonyl (C=O) groups excluding carboxylic acids is 1. The van der Waals surface area contributed by atoms with Gasteiger partial charge in [0.2, 0.25) is 0 Å². The van der Waals surface area contributed by atoms with Crippen molar-refractivity contribution < 1.29 is 14.6 Å². The van der Waals surface area contributed by atoms with Gasteiger partial charge in [-0.2, -0.15) is 0 Å². The van der Waals surface area contributed by atoms with Gasteiger partial charge < -0.3 is 9.84 Å². The Hall–Kier alpha value is -3.27. The molecule has 1 rings (SSSR count). The Bertz CT molecular complexity index is 922. The van der Waals surface area contributed by atoms with Crippen molar-refractivity contribution in [2.45, 2.75) is 65.2 Å². The van der Waals surface area contributed by atoms with Gasteiger partial charge in [-0.15, -0.1) is 6.42 Å². The number of terminal acetylenes is 1. The topological polar surface area (TPSA) is 46.5 Å². The Kier molecular flexibility index (Phi) is 7.81. The van der Waals surface area contributed by atoms with E-state index in [2.05, 4.69) is 83.2 Å². The lowest BCUT2D eigenvalue weighted by molar-refractivity contribution is -0.136. The fourth-order valence-electron chi connectivity index (χ4n) is 2.52. The van der Waals surface area contributed by atoms with E-state index in [0.29, 0.717) is 12.2 Å². The summed E-state index contributed by atoms with van der Waals surface area (Å²) in [4.78, 5) is 11.9. The number of phenols is 1. The average molecular weight is 374 g/mol. The predicted molar refractivity (Wildman–Crippen MR) is 112 cm³/mol. The van der Waals surface area contributed by atoms with Crippen molar-refractivity contribution in [1.29, 1.82) is 0 Å². The third kappa shape index (κ3) is 7.16. The fraction of sp³-hybridized carbons (Fsp3) is 0.400. The maximum absolute atomic E-state index is 11.9. The van der Waals surface area contributed by atoms with Crippen LogP contribution in [0, 0.1) is 48.1 Å². The van der Waals surface area contributed by atoms with Gasteiger partial charge in [-0.1, -0.05) is 53.7 Å². The van der Waals surface area contributed by atoms with Crippen molar-refractivity contribution in [3.63, 3.8) is 0 Å². The summed E-state index contributed by atoms with van der Waals surface area (Å²) in [6.07, 6.45) is 7.87. The normalized spacial score (nSPS) is 10.2. The highest BCUT2D eigenvalue weighted by Crippen LogP contribution is 2.39. The summed E-state index contributed by atoms with van der Waals surface area (Å²) in [7, 11) is 0. The summed E-state index contributed by atoms with van der Waals surface area (Å²) in [5.74, 6) is 14.0. The molecule has 1 N–H and O–H groups in total. The molecule has 1 aromatic carbocycles. The lowest BCUT2D eigenvalue weighted by atomic mass is 9.78. The van der Waals surface area contributed by atoms with Crippen LogP contribution < -0.4 is 0 Å². The molecule has 0 heterocycles. The molecule has 3 heteroatoms. The summed E-state index contributed by atoms with van der Waals surface area (Å²) in [6.45, 7) is 12.3. The molecule has 0 spiro atoms. The van der Waals surface area contributed by atoms with Crippen LogP contribution in [0.25, 0.3) is 0 Å². The minimum atomic E-state index is -0.438. The Labute approximate surface area is 168 Å². The van der Waals surface area contributed by atoms with E-state index in [1.807, 2.05) is 12.1 Å². The monoisotopic (exact) mass is 374 g/mol. The standard InChI is InChI=1S/C25H26O3/c1-8-9-10-11-12-13-16-28-22(26)15-14-19-17-20(24(2,3)4)23(27)21(18-19)25(5,6)7/h1,17-18,27H,14-15H2,2-7H3. The van der Waals surface area contributed by atoms with E-state index in [1.165, 1.54) is 0 Å². The maximum Gasteiger partial charge on any atom is 0.320 e. The van der Waals surface area contributed by atoms with Crippen molar-refractivity contribution >= 4 is 5.97 Å². The van der Waals surface area contributed by atoms with Crippen LogP contribution in [0.15, 0.2) is 12.1 Å². The molecule has 0 radical (unpaired) electrons. The lowest BCUT2D eigenvalue weighted by Gasteiger charge is -2.28. The van der Waals surface area contributed by atoms with Crippen molar-refractivity contribution in [3.8, 4) is 53.8 Å². The van der Waals surface area contributed by atoms with Crippen LogP contribution in [0.2, 0.25) is 0 Å². The summed E-state index contributed by atoms with van der Waals surface area (Å²) in [5.41, 5.74) is 2.28. The van der Waals surface area contributed by atoms with Crippen molar-refractivity contribution in [3.05, 3.63) is 28.8 Å². The first-order chi connectivity index (χ1) is 13.0. The van der Waals surface area contributed by atoms with E-state index in [4.69, 9.17) is 11.2 Å². The van der Waals surface area contributed by atoms with Gasteiger partial charge in [0.1, 0.15) is 11.9 Å². The first-order valence-corrected chi connectivity index (χ1v) is 8.99. The van der Waals surface area contributed by atoms with Gasteiger partial charge in [-0.05, 0) is 51.7 Å². The van der Waals surface area contributed by atoms with Crippen molar-refractivity contribution in [2.24, 2.45) is 0 Å². The Morgan fingerprint density at radius 2 is 1.46 bits per heavy atom. The van der Waals surface area contributed by atoms with Gasteiger partial charge in [-0.25, -0.2) is 0 Å². The summed E-state index contributed by atoms with van der Waals surface area (Å²) >= 11 is 0. The molecule has 144 valence electrons. The molecular weight excluding hydrogens is 348 g/mol. The zero-order valence-electron chi connectivity index (χ0n) is 17.4. The number of aromatic hydroxyl groups is 1. The molecule has 0 aliphatic carbocycles. The number of benzene rings is 1. The molecule has 0 saturated carbocycles. The van der Waals surface area contributed by atoms with E-state index >= 15 is 0 Å². The van der Waals surface area contributed by atoms with Gasteiger partial charge >= 0.3 is 5.97 Å². The predicted octanol–water partition coefficient (Wildman–Crippen LogP) is 4.06. The zero-order chi connectivity index (χ0) is 21.4. The molecule has 1 aromatic rings. The maximum atomic E-state index is 11.9. The molecule has 0 unspecified atom stereocenters. The van der Waals surface area contributed by atoms with Crippen LogP contribution in [0.5, 0.6) is 5.75 Å². The number of rotatable bonds is 3. The highest BCUT2D eigenvalue weighted by atomic mass is 16.5. The van der Waals surface area contributed by atoms with E-state index in [-0.39, 0.29) is 17.3 Å². The van der Waals surface area contributed by atoms with Gasteiger partial charge in [0.15, 0.2) is 0 Å². The number of carbonyl (C=O) groups is 1. The quantitative estimate of drug-likeness (QED) is 0.641. The first-order valence-electron chi connectivity index (χ1n) is 8.99. The third-order valence-corrected chi connectivity index (χ3v) is 3.94. The summed E-state index contributed by atoms with van der Waals surface area (Å²) in [6, 6.07) is 3.91. The van der Waals surface area contributed by atoms with Gasteiger partial charge in [0.05, 0.1) is 6.42 Å². The van der Waals surface area contributed by atoms with Gasteiger partial charge in [0, 0.05) is 17.8 Å². The number of aryl methyl sites for hydroxylation is 1. The lowest BCUT2D eigenvalue weighted by Crippen LogP contribution is -2.18. The highest BCUT2D eigenvalue weighted by molar-refractivity contribution is 5.71. The number of phenolic OH excluding ortho intramolecular Hbond substituents is 1. The summed E-state index contributed by atoms with van der Waals surface area (Å²) < 4.78 is 4.85. The Morgan fingerprint density at radius 1 is 0.964 bits per heavy atom. The number of esters is 1. The molecule has 0 aliphatic heterocycles. The average Bonchev–Trinajstić information content (AvgIpc) is 2.58. The van der Waals surface area contributed by atoms with E-state index in [9.17, 15) is 9.90 Å². The molecule has 0 aromatic heterocycles. The third-order valence-electron chi connectivity index (χ3n) is 3.94. The molecule has 0 fully saturated rings. The second kappa shape index (κ2) is 9.60. The van der Waals surface area contributed by atoms with Gasteiger partial charge in [0.25, 0.3) is 0 Å². The van der Waals surface area contributed by atoms with Crippen LogP contribution in [-0.2, 0) is 26.8 Å². The summed E-state index contributed by atoms with van der Waals surface area (Å²) in [5, 5.41) is 10.7. The minimum Gasteiger partial charge on any atom is -0.507 e. The number of hydrogen-bond acceptors (Lipinski definition) is 3. The molecule has 0 saturated heterocycles. The first kappa shape index (κ1) is 22.8. The highest BCUT2D eigenvalue weighted by Gasteiger charge is 2.26. The second-order valence-corrected chi connectivity index (χ2v) is 8.39. The molecule has 3 nitrogen and oxygen atoms in total. The molecule has 0 atom stereocenters. The zero-order valence-corrected chi connectivity index (χ0v) is 17.4. The smallest absolute Gasteiger partial charge is 0.320 e. The van der Waals surface area contributed by atoms with Crippen molar-refractivity contribution in [2.75, 3.05) is 0 Å². The van der Waals surface area contributed by atoms with Crippen LogP contribution in [-0.4, -0.2) is 11.1 Å². The fourth-order valence-corrected chi connectivity index (χ4v) is 2.52. The SMILES string of the molecule is C#CC#CC#CC#COC(=O)CCc1cc(C(C)(C)C)c(O)c(C(C)(C)C)c1. The van der Waals surface area contributed by atoms with E-state index in [1.54, 1.807) is 0 Å². The molecule has 0 aliphatic rings. The molecular formula is C25H26O3. The van der Waals surface area contributed by atoms with Crippen LogP contribution in [0.4, 0.5) is 0 Å². The van der Waals surface area contributed by atoms with Crippen LogP contribution in [0.3, 0.4) is 0 Å². The second-order valence-electron chi connectivity index (χ2n) is 8.39. The number of hydrogen-bond donors (Lipinski definition) is 1. The Balaban J connectivity index is 2.92. The van der Waals surface area contributed by atoms with Crippen LogP contribution in [0.1, 0.15) is 64.7 Å². The Morgan fingerprint density at radius 3 is 1.96 bits per heavy atom.